The van der Waals surface area contributed by atoms with Crippen molar-refractivity contribution in [2.75, 3.05) is 13.2 Å². The maximum atomic E-state index is 13.2. The van der Waals surface area contributed by atoms with Crippen molar-refractivity contribution in [1.82, 2.24) is 0 Å². The number of aliphatic carboxylic acids is 1. The van der Waals surface area contributed by atoms with E-state index in [9.17, 15) is 34.5 Å². The third kappa shape index (κ3) is 44.0. The summed E-state index contributed by atoms with van der Waals surface area (Å²) in [6, 6.07) is 0. The number of carbonyl (C=O) groups excluding carboxylic acids is 3. The lowest BCUT2D eigenvalue weighted by molar-refractivity contribution is -0.301. The Morgan fingerprint density at radius 1 is 0.430 bits per heavy atom. The van der Waals surface area contributed by atoms with Crippen LogP contribution in [-0.2, 0) is 42.9 Å². The van der Waals surface area contributed by atoms with E-state index in [4.69, 9.17) is 23.7 Å². The molecule has 450 valence electrons. The molecule has 6 unspecified atom stereocenters. The van der Waals surface area contributed by atoms with E-state index in [1.165, 1.54) is 70.6 Å². The molecule has 0 bridgehead atoms. The van der Waals surface area contributed by atoms with Gasteiger partial charge in [0.25, 0.3) is 0 Å². The Hall–Kier alpha value is -4.36. The highest BCUT2D eigenvalue weighted by Gasteiger charge is 2.50. The van der Waals surface area contributed by atoms with Crippen LogP contribution in [0.5, 0.6) is 0 Å². The van der Waals surface area contributed by atoms with Gasteiger partial charge in [-0.15, -0.1) is 0 Å². The summed E-state index contributed by atoms with van der Waals surface area (Å²) in [5, 5.41) is 31.6. The largest absolute Gasteiger partial charge is 0.479 e. The Bertz CT molecular complexity index is 1740. The molecule has 0 aliphatic carbocycles. The molecule has 1 rings (SSSR count). The highest BCUT2D eigenvalue weighted by molar-refractivity contribution is 5.74. The molecule has 79 heavy (non-hydrogen) atoms. The van der Waals surface area contributed by atoms with Crippen LogP contribution in [-0.4, -0.2) is 89.2 Å². The van der Waals surface area contributed by atoms with E-state index < -0.39 is 67.3 Å². The van der Waals surface area contributed by atoms with E-state index in [-0.39, 0.29) is 25.9 Å². The molecule has 0 aromatic heterocycles. The normalized spacial score (nSPS) is 18.5. The van der Waals surface area contributed by atoms with Crippen LogP contribution in [0.25, 0.3) is 0 Å². The molecule has 0 radical (unpaired) electrons. The first kappa shape index (κ1) is 72.7. The number of hydrogen-bond acceptors (Lipinski definition) is 11. The van der Waals surface area contributed by atoms with Gasteiger partial charge in [-0.3, -0.25) is 14.4 Å². The number of aliphatic hydroxyl groups is 2. The highest BCUT2D eigenvalue weighted by atomic mass is 16.7. The number of ether oxygens (including phenoxy) is 5. The average Bonchev–Trinajstić information content (AvgIpc) is 3.46. The SMILES string of the molecule is CC/C=C\C/C=C\C/C=C\C/C=C\CCCCC(=O)OCC(COC1OC(C(=O)O)C(O)C(O)C1OC(=O)CCCCCCCCCCC/C=C\CCCCCCCC)OC(=O)CCCCCCC/C=C\C/C=C\C/C=C\CC. The van der Waals surface area contributed by atoms with Crippen molar-refractivity contribution in [3.05, 3.63) is 97.2 Å². The Balaban J connectivity index is 2.69. The van der Waals surface area contributed by atoms with Crippen molar-refractivity contribution in [2.45, 2.75) is 289 Å². The predicted molar refractivity (Wildman–Crippen MR) is 321 cm³/mol. The van der Waals surface area contributed by atoms with Crippen LogP contribution in [0.4, 0.5) is 0 Å². The monoisotopic (exact) mass is 1110 g/mol. The number of unbranched alkanes of at least 4 members (excludes halogenated alkanes) is 22. The molecular weight excluding hydrogens is 997 g/mol. The van der Waals surface area contributed by atoms with Gasteiger partial charge in [0.05, 0.1) is 6.61 Å². The van der Waals surface area contributed by atoms with E-state index in [1.54, 1.807) is 0 Å². The number of allylic oxidation sites excluding steroid dienone is 16. The molecule has 12 heteroatoms. The zero-order valence-corrected chi connectivity index (χ0v) is 49.6. The molecule has 1 saturated heterocycles. The number of esters is 3. The summed E-state index contributed by atoms with van der Waals surface area (Å²) in [4.78, 5) is 51.2. The Morgan fingerprint density at radius 2 is 0.797 bits per heavy atom. The highest BCUT2D eigenvalue weighted by Crippen LogP contribution is 2.26. The van der Waals surface area contributed by atoms with Crippen molar-refractivity contribution < 1.29 is 58.2 Å². The minimum atomic E-state index is -1.92. The van der Waals surface area contributed by atoms with Gasteiger partial charge in [0.1, 0.15) is 18.8 Å². The van der Waals surface area contributed by atoms with Gasteiger partial charge in [0.15, 0.2) is 24.6 Å². The molecule has 1 heterocycles. The maximum Gasteiger partial charge on any atom is 0.335 e. The van der Waals surface area contributed by atoms with Crippen LogP contribution in [0.3, 0.4) is 0 Å². The first-order chi connectivity index (χ1) is 38.6. The summed E-state index contributed by atoms with van der Waals surface area (Å²) in [7, 11) is 0. The Kier molecular flexibility index (Phi) is 49.9. The van der Waals surface area contributed by atoms with Crippen molar-refractivity contribution in [1.29, 1.82) is 0 Å². The van der Waals surface area contributed by atoms with Crippen molar-refractivity contribution in [3.63, 3.8) is 0 Å². The van der Waals surface area contributed by atoms with Gasteiger partial charge < -0.3 is 39.0 Å². The van der Waals surface area contributed by atoms with Gasteiger partial charge >= 0.3 is 23.9 Å². The smallest absolute Gasteiger partial charge is 0.335 e. The standard InChI is InChI=1S/C67H110O12/c1-4-7-10-13-16-19-22-25-28-29-30-31-34-37-40-43-46-49-52-55-61(70)78-65-63(72)62(71)64(66(73)74)79-67(65)76-57-58(77-60(69)54-51-48-45-42-39-36-33-27-24-21-18-15-12-9-6-3)56-75-59(68)53-50-47-44-41-38-35-32-26-23-20-17-14-11-8-5-2/h8-9,11-12,17-18,20-21,25-28,32-33,38,41,58,62-65,67,71-72H,4-7,10,13-16,19,22-24,29-31,34-37,39-40,42-57H2,1-3H3,(H,73,74)/b11-8-,12-9-,20-17-,21-18-,28-25-,32-26-,33-27-,41-38-. The molecule has 1 aliphatic heterocycles. The summed E-state index contributed by atoms with van der Waals surface area (Å²) in [6.07, 6.45) is 59.4. The molecule has 1 fully saturated rings. The number of carboxylic acids is 1. The lowest BCUT2D eigenvalue weighted by Crippen LogP contribution is -2.61. The van der Waals surface area contributed by atoms with E-state index in [0.717, 1.165) is 122 Å². The molecule has 0 aromatic rings. The van der Waals surface area contributed by atoms with Crippen LogP contribution in [0.15, 0.2) is 97.2 Å². The summed E-state index contributed by atoms with van der Waals surface area (Å²) in [5.74, 6) is -3.20. The predicted octanol–water partition coefficient (Wildman–Crippen LogP) is 16.5. The van der Waals surface area contributed by atoms with Crippen molar-refractivity contribution in [3.8, 4) is 0 Å². The minimum Gasteiger partial charge on any atom is -0.479 e. The number of carbonyl (C=O) groups is 4. The second-order valence-electron chi connectivity index (χ2n) is 20.9. The van der Waals surface area contributed by atoms with Crippen LogP contribution in [0.1, 0.15) is 252 Å². The second kappa shape index (κ2) is 54.2. The molecule has 12 nitrogen and oxygen atoms in total. The first-order valence-electron chi connectivity index (χ1n) is 31.2. The summed E-state index contributed by atoms with van der Waals surface area (Å²) in [6.45, 7) is 5.72. The van der Waals surface area contributed by atoms with Gasteiger partial charge in [-0.2, -0.15) is 0 Å². The average molecular weight is 1110 g/mol. The fraction of sp³-hybridized carbons (Fsp3) is 0.701. The van der Waals surface area contributed by atoms with Crippen LogP contribution >= 0.6 is 0 Å². The van der Waals surface area contributed by atoms with Crippen molar-refractivity contribution >= 4 is 23.9 Å². The van der Waals surface area contributed by atoms with Gasteiger partial charge in [0.2, 0.25) is 0 Å². The summed E-state index contributed by atoms with van der Waals surface area (Å²) >= 11 is 0. The van der Waals surface area contributed by atoms with Gasteiger partial charge in [-0.05, 0) is 116 Å². The Morgan fingerprint density at radius 3 is 1.25 bits per heavy atom. The van der Waals surface area contributed by atoms with Gasteiger partial charge in [0, 0.05) is 19.3 Å². The lowest BCUT2D eigenvalue weighted by Gasteiger charge is -2.40. The van der Waals surface area contributed by atoms with Crippen molar-refractivity contribution in [2.24, 2.45) is 0 Å². The quantitative estimate of drug-likeness (QED) is 0.0228. The first-order valence-corrected chi connectivity index (χ1v) is 31.2. The molecule has 0 amide bonds. The fourth-order valence-electron chi connectivity index (χ4n) is 8.90. The number of rotatable bonds is 52. The zero-order chi connectivity index (χ0) is 57.5. The third-order valence-corrected chi connectivity index (χ3v) is 13.6. The third-order valence-electron chi connectivity index (χ3n) is 13.6. The molecule has 3 N–H and O–H groups in total. The zero-order valence-electron chi connectivity index (χ0n) is 49.6. The molecule has 0 aromatic carbocycles. The number of carboxylic acid groups (broad SMARTS) is 1. The molecule has 0 saturated carbocycles. The second-order valence-corrected chi connectivity index (χ2v) is 20.9. The van der Waals surface area contributed by atoms with E-state index in [0.29, 0.717) is 19.3 Å². The van der Waals surface area contributed by atoms with Crippen LogP contribution < -0.4 is 0 Å². The molecular formula is C67H110O12. The van der Waals surface area contributed by atoms with E-state index >= 15 is 0 Å². The lowest BCUT2D eigenvalue weighted by atomic mass is 9.98. The summed E-state index contributed by atoms with van der Waals surface area (Å²) in [5.41, 5.74) is 0. The van der Waals surface area contributed by atoms with E-state index in [2.05, 4.69) is 118 Å². The van der Waals surface area contributed by atoms with Gasteiger partial charge in [-0.25, -0.2) is 4.79 Å². The molecule has 6 atom stereocenters. The Labute approximate surface area is 479 Å². The van der Waals surface area contributed by atoms with Crippen LogP contribution in [0, 0.1) is 0 Å². The number of hydrogen-bond donors (Lipinski definition) is 3. The minimum absolute atomic E-state index is 0.0485. The number of aliphatic hydroxyl groups excluding tert-OH is 2. The van der Waals surface area contributed by atoms with Crippen LogP contribution in [0.2, 0.25) is 0 Å². The topological polar surface area (TPSA) is 175 Å². The maximum absolute atomic E-state index is 13.2. The van der Waals surface area contributed by atoms with Gasteiger partial charge in [-0.1, -0.05) is 214 Å². The fourth-order valence-corrected chi connectivity index (χ4v) is 8.90. The summed E-state index contributed by atoms with van der Waals surface area (Å²) < 4.78 is 28.4. The molecule has 0 spiro atoms. The van der Waals surface area contributed by atoms with E-state index in [1.807, 2.05) is 0 Å². The molecule has 1 aliphatic rings.